The van der Waals surface area contributed by atoms with Crippen molar-refractivity contribution in [1.29, 1.82) is 0 Å². The Hall–Kier alpha value is -0.110. The van der Waals surface area contributed by atoms with Crippen LogP contribution in [0.3, 0.4) is 0 Å². The third-order valence-electron chi connectivity index (χ3n) is 4.06. The van der Waals surface area contributed by atoms with E-state index in [1.165, 1.54) is 103 Å². The molecule has 0 saturated heterocycles. The predicted molar refractivity (Wildman–Crippen MR) is 91.1 cm³/mol. The van der Waals surface area contributed by atoms with Gasteiger partial charge in [0.05, 0.1) is 0 Å². The second-order valence-electron chi connectivity index (χ2n) is 6.09. The Kier molecular flexibility index (Phi) is 23.5. The smallest absolute Gasteiger partial charge is 0.00773 e. The molecule has 0 saturated carbocycles. The van der Waals surface area contributed by atoms with E-state index in [-0.39, 0.29) is 4.70 Å². The normalized spacial score (nSPS) is 10.5. The maximum absolute atomic E-state index is 5.48. The fourth-order valence-electron chi connectivity index (χ4n) is 2.69. The number of rotatable bonds is 16. The second-order valence-corrected chi connectivity index (χ2v) is 6.09. The van der Waals surface area contributed by atoms with Gasteiger partial charge < -0.3 is 5.73 Å². The summed E-state index contributed by atoms with van der Waals surface area (Å²) in [5.41, 5.74) is 5.48. The molecule has 0 fully saturated rings. The van der Waals surface area contributed by atoms with Crippen LogP contribution in [0.2, 0.25) is 0 Å². The highest BCUT2D eigenvalue weighted by Gasteiger charge is 1.94. The summed E-state index contributed by atoms with van der Waals surface area (Å²) >= 11 is 0. The van der Waals surface area contributed by atoms with E-state index in [0.29, 0.717) is 0 Å². The summed E-state index contributed by atoms with van der Waals surface area (Å²) in [6.45, 7) is 3.16. The molecule has 124 valence electrons. The highest BCUT2D eigenvalue weighted by atomic mass is 19.0. The highest BCUT2D eigenvalue weighted by molar-refractivity contribution is 4.49. The molecule has 0 radical (unpaired) electrons. The van der Waals surface area contributed by atoms with Crippen molar-refractivity contribution in [3.63, 3.8) is 0 Å². The molecule has 0 aromatic rings. The molecule has 0 unspecified atom stereocenters. The molecule has 0 aliphatic heterocycles. The first-order valence-corrected chi connectivity index (χ1v) is 9.12. The summed E-state index contributed by atoms with van der Waals surface area (Å²) < 4.78 is 0. The van der Waals surface area contributed by atoms with Crippen molar-refractivity contribution in [1.82, 2.24) is 0 Å². The summed E-state index contributed by atoms with van der Waals surface area (Å²) in [6.07, 6.45) is 22.9. The standard InChI is InChI=1S/C18H39N.FH/c1-2-3-4-5-6-7-8-9-10-11-12-13-14-15-16-17-18-19;/h2-19H2,1H3;1H. The van der Waals surface area contributed by atoms with Gasteiger partial charge in [-0.15, -0.1) is 0 Å². The van der Waals surface area contributed by atoms with E-state index in [4.69, 9.17) is 5.73 Å². The molecule has 0 aliphatic carbocycles. The van der Waals surface area contributed by atoms with Crippen molar-refractivity contribution in [2.24, 2.45) is 5.73 Å². The quantitative estimate of drug-likeness (QED) is 0.329. The molecule has 0 aromatic heterocycles. The van der Waals surface area contributed by atoms with E-state index in [9.17, 15) is 0 Å². The molecule has 20 heavy (non-hydrogen) atoms. The van der Waals surface area contributed by atoms with E-state index < -0.39 is 0 Å². The first-order valence-electron chi connectivity index (χ1n) is 9.12. The van der Waals surface area contributed by atoms with Crippen molar-refractivity contribution < 1.29 is 4.70 Å². The summed E-state index contributed by atoms with van der Waals surface area (Å²) in [7, 11) is 0. The van der Waals surface area contributed by atoms with Gasteiger partial charge in [0, 0.05) is 0 Å². The van der Waals surface area contributed by atoms with Crippen LogP contribution >= 0.6 is 0 Å². The van der Waals surface area contributed by atoms with E-state index in [1.54, 1.807) is 0 Å². The van der Waals surface area contributed by atoms with Crippen LogP contribution in [0.5, 0.6) is 0 Å². The van der Waals surface area contributed by atoms with Crippen LogP contribution in [0.15, 0.2) is 0 Å². The number of nitrogens with two attached hydrogens (primary N) is 1. The van der Waals surface area contributed by atoms with Gasteiger partial charge in [0.2, 0.25) is 0 Å². The second kappa shape index (κ2) is 21.2. The van der Waals surface area contributed by atoms with E-state index >= 15 is 0 Å². The Morgan fingerprint density at radius 1 is 0.450 bits per heavy atom. The van der Waals surface area contributed by atoms with Gasteiger partial charge in [-0.2, -0.15) is 0 Å². The van der Waals surface area contributed by atoms with Gasteiger partial charge in [0.15, 0.2) is 0 Å². The van der Waals surface area contributed by atoms with Crippen LogP contribution in [0, 0.1) is 0 Å². The Labute approximate surface area is 127 Å². The maximum Gasteiger partial charge on any atom is -0.00773 e. The van der Waals surface area contributed by atoms with Gasteiger partial charge in [-0.1, -0.05) is 103 Å². The first-order chi connectivity index (χ1) is 9.41. The molecular formula is C18H40FN. The van der Waals surface area contributed by atoms with Crippen LogP contribution in [0.1, 0.15) is 110 Å². The van der Waals surface area contributed by atoms with Crippen LogP contribution in [0.25, 0.3) is 0 Å². The van der Waals surface area contributed by atoms with E-state index in [2.05, 4.69) is 6.92 Å². The van der Waals surface area contributed by atoms with Gasteiger partial charge in [0.1, 0.15) is 0 Å². The van der Waals surface area contributed by atoms with Gasteiger partial charge in [-0.25, -0.2) is 0 Å². The third-order valence-corrected chi connectivity index (χ3v) is 4.06. The zero-order valence-electron chi connectivity index (χ0n) is 14.0. The number of unbranched alkanes of at least 4 members (excludes halogenated alkanes) is 15. The van der Waals surface area contributed by atoms with Crippen molar-refractivity contribution in [3.05, 3.63) is 0 Å². The third kappa shape index (κ3) is 20.2. The Balaban J connectivity index is 0. The number of hydrogen-bond acceptors (Lipinski definition) is 1. The van der Waals surface area contributed by atoms with Crippen LogP contribution in [0.4, 0.5) is 4.70 Å². The average molecular weight is 290 g/mol. The molecule has 0 aromatic carbocycles. The van der Waals surface area contributed by atoms with Crippen molar-refractivity contribution >= 4 is 0 Å². The lowest BCUT2D eigenvalue weighted by atomic mass is 10.0. The van der Waals surface area contributed by atoms with Crippen molar-refractivity contribution in [2.45, 2.75) is 110 Å². The van der Waals surface area contributed by atoms with Crippen LogP contribution < -0.4 is 5.73 Å². The average Bonchev–Trinajstić information content (AvgIpc) is 2.43. The van der Waals surface area contributed by atoms with Crippen molar-refractivity contribution in [2.75, 3.05) is 6.54 Å². The lowest BCUT2D eigenvalue weighted by Crippen LogP contribution is -1.97. The number of hydrogen-bond donors (Lipinski definition) is 1. The molecular weight excluding hydrogens is 249 g/mol. The molecule has 0 heterocycles. The predicted octanol–water partition coefficient (Wildman–Crippen LogP) is 6.36. The minimum absolute atomic E-state index is 0. The lowest BCUT2D eigenvalue weighted by molar-refractivity contribution is 0.530. The minimum Gasteiger partial charge on any atom is -0.330 e. The van der Waals surface area contributed by atoms with Crippen LogP contribution in [-0.2, 0) is 0 Å². The van der Waals surface area contributed by atoms with Gasteiger partial charge in [0.25, 0.3) is 0 Å². The van der Waals surface area contributed by atoms with Crippen molar-refractivity contribution in [3.8, 4) is 0 Å². The summed E-state index contributed by atoms with van der Waals surface area (Å²) in [6, 6.07) is 0. The molecule has 0 spiro atoms. The van der Waals surface area contributed by atoms with Gasteiger partial charge in [-0.3, -0.25) is 4.70 Å². The summed E-state index contributed by atoms with van der Waals surface area (Å²) in [5, 5.41) is 0. The topological polar surface area (TPSA) is 26.0 Å². The molecule has 0 aliphatic rings. The molecule has 0 rings (SSSR count). The Morgan fingerprint density at radius 3 is 0.950 bits per heavy atom. The first kappa shape index (κ1) is 22.2. The highest BCUT2D eigenvalue weighted by Crippen LogP contribution is 2.13. The monoisotopic (exact) mass is 289 g/mol. The molecule has 0 atom stereocenters. The van der Waals surface area contributed by atoms with E-state index in [1.807, 2.05) is 0 Å². The summed E-state index contributed by atoms with van der Waals surface area (Å²) in [5.74, 6) is 0. The lowest BCUT2D eigenvalue weighted by Gasteiger charge is -2.03. The SMILES string of the molecule is CCCCCCCCCCCCCCCCCCN.F. The van der Waals surface area contributed by atoms with Gasteiger partial charge in [-0.05, 0) is 13.0 Å². The van der Waals surface area contributed by atoms with Crippen LogP contribution in [-0.4, -0.2) is 6.54 Å². The minimum atomic E-state index is 0. The molecule has 0 amide bonds. The molecule has 2 heteroatoms. The zero-order valence-corrected chi connectivity index (χ0v) is 14.0. The molecule has 2 N–H and O–H groups in total. The number of halogens is 1. The van der Waals surface area contributed by atoms with E-state index in [0.717, 1.165) is 6.54 Å². The molecule has 0 bridgehead atoms. The Morgan fingerprint density at radius 2 is 0.700 bits per heavy atom. The van der Waals surface area contributed by atoms with Gasteiger partial charge >= 0.3 is 0 Å². The largest absolute Gasteiger partial charge is 0.330 e. The zero-order chi connectivity index (χ0) is 14.0. The fraction of sp³-hybridized carbons (Fsp3) is 1.00. The fourth-order valence-corrected chi connectivity index (χ4v) is 2.69. The summed E-state index contributed by atoms with van der Waals surface area (Å²) in [4.78, 5) is 0. The Bertz CT molecular complexity index is 134. The molecule has 1 nitrogen and oxygen atoms in total. The maximum atomic E-state index is 5.48.